The van der Waals surface area contributed by atoms with E-state index in [1.54, 1.807) is 0 Å². The Kier molecular flexibility index (Phi) is 5.56. The predicted octanol–water partition coefficient (Wildman–Crippen LogP) is 3.07. The van der Waals surface area contributed by atoms with Crippen molar-refractivity contribution >= 4 is 23.1 Å². The molecular weight excluding hydrogens is 513 g/mol. The molecule has 8 nitrogen and oxygen atoms in total. The van der Waals surface area contributed by atoms with Crippen LogP contribution in [0.2, 0.25) is 0 Å². The second kappa shape index (κ2) is 8.31. The van der Waals surface area contributed by atoms with Crippen LogP contribution in [0.3, 0.4) is 0 Å². The van der Waals surface area contributed by atoms with Crippen molar-refractivity contribution in [2.75, 3.05) is 18.8 Å². The number of likely N-dealkylation sites (tertiary alicyclic amines) is 1. The van der Waals surface area contributed by atoms with Crippen LogP contribution in [0.15, 0.2) is 30.6 Å². The smallest absolute Gasteiger partial charge is 0.382 e. The first-order valence-electron chi connectivity index (χ1n) is 10.9. The Balaban J connectivity index is 1.41. The molecule has 0 spiro atoms. The maximum absolute atomic E-state index is 14.5. The van der Waals surface area contributed by atoms with Crippen molar-refractivity contribution in [1.29, 1.82) is 0 Å². The summed E-state index contributed by atoms with van der Waals surface area (Å²) >= 11 is 0. The van der Waals surface area contributed by atoms with Gasteiger partial charge in [0.2, 0.25) is 5.91 Å². The van der Waals surface area contributed by atoms with Crippen molar-refractivity contribution in [3.05, 3.63) is 47.5 Å². The van der Waals surface area contributed by atoms with Crippen molar-refractivity contribution in [2.45, 2.75) is 30.7 Å². The van der Waals surface area contributed by atoms with Gasteiger partial charge in [-0.3, -0.25) is 9.59 Å². The van der Waals surface area contributed by atoms with Gasteiger partial charge in [-0.15, -0.1) is 0 Å². The topological polar surface area (TPSA) is 106 Å². The molecule has 2 fully saturated rings. The highest BCUT2D eigenvalue weighted by Gasteiger charge is 2.63. The lowest BCUT2D eigenvalue weighted by atomic mass is 10.1. The highest BCUT2D eigenvalue weighted by atomic mass is 19.4. The second-order valence-electron chi connectivity index (χ2n) is 8.93. The van der Waals surface area contributed by atoms with Crippen LogP contribution in [-0.2, 0) is 11.0 Å². The number of nitrogens with one attached hydrogen (secondary N) is 1. The molecule has 1 saturated heterocycles. The number of nitrogens with two attached hydrogens (primary N) is 1. The SMILES string of the molecule is Nc1ncnn2c(-c3cc(F)cc(C(=O)N[C@@H]4CN(C(=O)C5CC5(F)F)C[C@@H]4F)c3)cc(C(F)(F)F)c12. The summed E-state index contributed by atoms with van der Waals surface area (Å²) in [6, 6.07) is 2.17. The average molecular weight is 530 g/mol. The molecule has 2 aromatic heterocycles. The lowest BCUT2D eigenvalue weighted by Gasteiger charge is -2.17. The Morgan fingerprint density at radius 3 is 2.49 bits per heavy atom. The molecule has 1 aliphatic heterocycles. The molecule has 15 heteroatoms. The third kappa shape index (κ3) is 4.42. The van der Waals surface area contributed by atoms with Gasteiger partial charge < -0.3 is 16.0 Å². The summed E-state index contributed by atoms with van der Waals surface area (Å²) in [5, 5.41) is 6.06. The number of amides is 2. The number of aromatic nitrogens is 3. The van der Waals surface area contributed by atoms with E-state index in [1.807, 2.05) is 0 Å². The number of alkyl halides is 6. The molecule has 0 radical (unpaired) electrons. The zero-order valence-electron chi connectivity index (χ0n) is 18.6. The fraction of sp³-hybridized carbons (Fsp3) is 0.364. The van der Waals surface area contributed by atoms with Gasteiger partial charge in [0.25, 0.3) is 11.8 Å². The van der Waals surface area contributed by atoms with E-state index >= 15 is 0 Å². The van der Waals surface area contributed by atoms with Crippen molar-refractivity contribution < 1.29 is 40.3 Å². The second-order valence-corrected chi connectivity index (χ2v) is 8.93. The van der Waals surface area contributed by atoms with Crippen LogP contribution < -0.4 is 11.1 Å². The summed E-state index contributed by atoms with van der Waals surface area (Å²) in [4.78, 5) is 29.4. The van der Waals surface area contributed by atoms with E-state index in [2.05, 4.69) is 15.4 Å². The molecule has 1 aliphatic carbocycles. The Bertz CT molecular complexity index is 1420. The molecule has 196 valence electrons. The van der Waals surface area contributed by atoms with E-state index in [-0.39, 0.29) is 23.4 Å². The van der Waals surface area contributed by atoms with E-state index in [4.69, 9.17) is 5.73 Å². The van der Waals surface area contributed by atoms with Crippen LogP contribution in [0, 0.1) is 11.7 Å². The Morgan fingerprint density at radius 1 is 1.14 bits per heavy atom. The number of carbonyl (C=O) groups excluding carboxylic acids is 2. The summed E-state index contributed by atoms with van der Waals surface area (Å²) in [6.45, 7) is -0.864. The van der Waals surface area contributed by atoms with Gasteiger partial charge in [0.1, 0.15) is 29.8 Å². The summed E-state index contributed by atoms with van der Waals surface area (Å²) in [5.74, 6) is -8.00. The number of fused-ring (bicyclic) bond motifs is 1. The minimum Gasteiger partial charge on any atom is -0.382 e. The molecule has 3 atom stereocenters. The van der Waals surface area contributed by atoms with Crippen molar-refractivity contribution in [1.82, 2.24) is 24.8 Å². The first-order chi connectivity index (χ1) is 17.3. The lowest BCUT2D eigenvalue weighted by Crippen LogP contribution is -2.42. The van der Waals surface area contributed by atoms with Gasteiger partial charge in [-0.2, -0.15) is 18.3 Å². The number of rotatable bonds is 4. The fourth-order valence-electron chi connectivity index (χ4n) is 4.39. The van der Waals surface area contributed by atoms with Crippen molar-refractivity contribution in [3.8, 4) is 11.3 Å². The molecular formula is C22H17F7N6O2. The van der Waals surface area contributed by atoms with Crippen LogP contribution in [0.4, 0.5) is 36.6 Å². The molecule has 0 bridgehead atoms. The van der Waals surface area contributed by atoms with E-state index < -0.39 is 77.7 Å². The number of hydrogen-bond acceptors (Lipinski definition) is 5. The first-order valence-corrected chi connectivity index (χ1v) is 10.9. The van der Waals surface area contributed by atoms with Gasteiger partial charge in [-0.05, 0) is 24.3 Å². The Morgan fingerprint density at radius 2 is 1.84 bits per heavy atom. The zero-order chi connectivity index (χ0) is 26.9. The van der Waals surface area contributed by atoms with Crippen molar-refractivity contribution in [3.63, 3.8) is 0 Å². The molecule has 5 rings (SSSR count). The molecule has 1 unspecified atom stereocenters. The van der Waals surface area contributed by atoms with E-state index in [9.17, 15) is 40.3 Å². The third-order valence-corrected chi connectivity index (χ3v) is 6.34. The Labute approximate surface area is 203 Å². The normalized spacial score (nSPS) is 22.9. The van der Waals surface area contributed by atoms with Gasteiger partial charge >= 0.3 is 6.18 Å². The molecule has 1 aromatic carbocycles. The molecule has 3 heterocycles. The number of nitrogens with zero attached hydrogens (tertiary/aromatic N) is 4. The number of carbonyl (C=O) groups is 2. The number of anilines is 1. The maximum atomic E-state index is 14.5. The summed E-state index contributed by atoms with van der Waals surface area (Å²) < 4.78 is 97.0. The highest BCUT2D eigenvalue weighted by molar-refractivity contribution is 5.96. The Hall–Kier alpha value is -3.91. The van der Waals surface area contributed by atoms with Gasteiger partial charge in [-0.25, -0.2) is 27.1 Å². The third-order valence-electron chi connectivity index (χ3n) is 6.34. The predicted molar refractivity (Wildman–Crippen MR) is 114 cm³/mol. The molecule has 3 N–H and O–H groups in total. The number of benzene rings is 1. The molecule has 2 aliphatic rings. The maximum Gasteiger partial charge on any atom is 0.418 e. The monoisotopic (exact) mass is 530 g/mol. The van der Waals surface area contributed by atoms with Crippen LogP contribution in [0.1, 0.15) is 22.3 Å². The quantitative estimate of drug-likeness (QED) is 0.505. The van der Waals surface area contributed by atoms with Gasteiger partial charge in [0.05, 0.1) is 23.8 Å². The lowest BCUT2D eigenvalue weighted by molar-refractivity contribution is -0.136. The fourth-order valence-corrected chi connectivity index (χ4v) is 4.39. The molecule has 3 aromatic rings. The van der Waals surface area contributed by atoms with E-state index in [1.165, 1.54) is 0 Å². The first kappa shape index (κ1) is 24.8. The number of halogens is 7. The van der Waals surface area contributed by atoms with Crippen LogP contribution in [0.25, 0.3) is 16.8 Å². The number of hydrogen-bond donors (Lipinski definition) is 2. The largest absolute Gasteiger partial charge is 0.418 e. The molecule has 1 saturated carbocycles. The van der Waals surface area contributed by atoms with Gasteiger partial charge in [0.15, 0.2) is 5.82 Å². The summed E-state index contributed by atoms with van der Waals surface area (Å²) in [6.07, 6.45) is -6.33. The zero-order valence-corrected chi connectivity index (χ0v) is 18.6. The molecule has 2 amide bonds. The highest BCUT2D eigenvalue weighted by Crippen LogP contribution is 2.49. The minimum atomic E-state index is -4.85. The van der Waals surface area contributed by atoms with Crippen LogP contribution in [0.5, 0.6) is 0 Å². The van der Waals surface area contributed by atoms with Crippen LogP contribution in [-0.4, -0.2) is 62.5 Å². The van der Waals surface area contributed by atoms with Gasteiger partial charge in [-0.1, -0.05) is 0 Å². The summed E-state index contributed by atoms with van der Waals surface area (Å²) in [7, 11) is 0. The van der Waals surface area contributed by atoms with E-state index in [0.29, 0.717) is 6.07 Å². The molecule has 37 heavy (non-hydrogen) atoms. The van der Waals surface area contributed by atoms with Gasteiger partial charge in [0, 0.05) is 24.1 Å². The standard InChI is InChI=1S/C22H17F7N6O2/c23-11-2-9(16-4-12(22(27,28)29)17-18(30)31-8-32-35(16)17)1-10(3-11)19(36)33-15-7-34(6-14(15)24)20(37)13-5-21(13,25)26/h1-4,8,13-15H,5-7H2,(H,33,36)(H2,30,31,32)/t13?,14-,15+/m0/s1. The summed E-state index contributed by atoms with van der Waals surface area (Å²) in [5.41, 5.74) is 3.12. The van der Waals surface area contributed by atoms with Crippen LogP contribution >= 0.6 is 0 Å². The average Bonchev–Trinajstić information content (AvgIpc) is 3.12. The van der Waals surface area contributed by atoms with Crippen molar-refractivity contribution in [2.24, 2.45) is 5.92 Å². The van der Waals surface area contributed by atoms with E-state index in [0.717, 1.165) is 33.9 Å². The minimum absolute atomic E-state index is 0.162. The number of nitrogen functional groups attached to an aromatic ring is 1.